The second kappa shape index (κ2) is 7.35. The molecule has 2 rings (SSSR count). The van der Waals surface area contributed by atoms with Gasteiger partial charge < -0.3 is 10.1 Å². The first-order chi connectivity index (χ1) is 10.8. The van der Waals surface area contributed by atoms with Gasteiger partial charge in [0, 0.05) is 25.8 Å². The molecular weight excluding hydrogens is 337 g/mol. The van der Waals surface area contributed by atoms with Gasteiger partial charge in [-0.3, -0.25) is 10.1 Å². The first-order valence-electron chi connectivity index (χ1n) is 7.16. The summed E-state index contributed by atoms with van der Waals surface area (Å²) >= 11 is 5.59. The van der Waals surface area contributed by atoms with Crippen molar-refractivity contribution in [3.05, 3.63) is 32.8 Å². The first-order valence-corrected chi connectivity index (χ1v) is 7.53. The zero-order valence-corrected chi connectivity index (χ0v) is 12.9. The molecule has 0 radical (unpaired) electrons. The van der Waals surface area contributed by atoms with E-state index in [9.17, 15) is 23.3 Å². The van der Waals surface area contributed by atoms with E-state index < -0.39 is 27.4 Å². The Morgan fingerprint density at radius 3 is 2.65 bits per heavy atom. The lowest BCUT2D eigenvalue weighted by atomic mass is 10.1. The molecule has 0 aliphatic heterocycles. The van der Waals surface area contributed by atoms with Gasteiger partial charge in [0.25, 0.3) is 5.69 Å². The van der Waals surface area contributed by atoms with Crippen LogP contribution in [0.2, 0.25) is 5.02 Å². The number of nitro groups is 1. The lowest BCUT2D eigenvalue weighted by Crippen LogP contribution is -2.11. The lowest BCUT2D eigenvalue weighted by molar-refractivity contribution is -0.384. The largest absolute Gasteiger partial charge is 0.418 e. The quantitative estimate of drug-likeness (QED) is 0.425. The van der Waals surface area contributed by atoms with Gasteiger partial charge >= 0.3 is 6.18 Å². The van der Waals surface area contributed by atoms with Crippen molar-refractivity contribution in [3.8, 4) is 0 Å². The number of hydrogen-bond donors (Lipinski definition) is 1. The van der Waals surface area contributed by atoms with Crippen molar-refractivity contribution in [2.24, 2.45) is 5.92 Å². The molecule has 1 aliphatic rings. The average Bonchev–Trinajstić information content (AvgIpc) is 3.25. The smallest absolute Gasteiger partial charge is 0.381 e. The molecule has 0 amide bonds. The highest BCUT2D eigenvalue weighted by atomic mass is 35.5. The predicted octanol–water partition coefficient (Wildman–Crippen LogP) is 4.50. The number of nitro benzene ring substituents is 1. The second-order valence-corrected chi connectivity index (χ2v) is 5.81. The minimum absolute atomic E-state index is 0.0322. The fraction of sp³-hybridized carbons (Fsp3) is 0.571. The number of ether oxygens (including phenoxy) is 1. The maximum atomic E-state index is 12.7. The minimum atomic E-state index is -4.74. The van der Waals surface area contributed by atoms with E-state index in [1.165, 1.54) is 12.8 Å². The van der Waals surface area contributed by atoms with Crippen molar-refractivity contribution in [2.45, 2.75) is 25.4 Å². The van der Waals surface area contributed by atoms with E-state index in [0.29, 0.717) is 38.2 Å². The van der Waals surface area contributed by atoms with Crippen molar-refractivity contribution in [1.82, 2.24) is 0 Å². The Morgan fingerprint density at radius 2 is 2.09 bits per heavy atom. The van der Waals surface area contributed by atoms with E-state index in [1.54, 1.807) is 0 Å². The highest BCUT2D eigenvalue weighted by Gasteiger charge is 2.36. The van der Waals surface area contributed by atoms with Crippen LogP contribution in [0.3, 0.4) is 0 Å². The Balaban J connectivity index is 1.96. The van der Waals surface area contributed by atoms with Gasteiger partial charge in [-0.05, 0) is 31.2 Å². The van der Waals surface area contributed by atoms with Crippen LogP contribution in [-0.4, -0.2) is 24.7 Å². The Morgan fingerprint density at radius 1 is 1.39 bits per heavy atom. The van der Waals surface area contributed by atoms with Crippen molar-refractivity contribution in [2.75, 3.05) is 25.1 Å². The Bertz CT molecular complexity index is 577. The van der Waals surface area contributed by atoms with E-state index in [0.717, 1.165) is 6.07 Å². The van der Waals surface area contributed by atoms with E-state index in [1.807, 2.05) is 0 Å². The summed E-state index contributed by atoms with van der Waals surface area (Å²) < 4.78 is 43.6. The van der Waals surface area contributed by atoms with Crippen LogP contribution in [0.5, 0.6) is 0 Å². The van der Waals surface area contributed by atoms with Gasteiger partial charge in [-0.25, -0.2) is 0 Å². The molecule has 1 aromatic carbocycles. The number of nitrogens with one attached hydrogen (secondary N) is 1. The van der Waals surface area contributed by atoms with Crippen LogP contribution >= 0.6 is 11.6 Å². The molecule has 1 saturated carbocycles. The van der Waals surface area contributed by atoms with Crippen LogP contribution in [0, 0.1) is 16.0 Å². The SMILES string of the molecule is O=[N+]([O-])c1cc(C(F)(F)F)c(Cl)cc1NCCCOCC1CC1. The molecule has 0 heterocycles. The molecule has 1 fully saturated rings. The summed E-state index contributed by atoms with van der Waals surface area (Å²) in [6.45, 7) is 1.55. The molecular formula is C14H16ClF3N2O3. The van der Waals surface area contributed by atoms with Crippen LogP contribution in [-0.2, 0) is 10.9 Å². The van der Waals surface area contributed by atoms with Gasteiger partial charge in [0.15, 0.2) is 0 Å². The third kappa shape index (κ3) is 5.24. The summed E-state index contributed by atoms with van der Waals surface area (Å²) in [5, 5.41) is 13.1. The molecule has 0 spiro atoms. The van der Waals surface area contributed by atoms with E-state index >= 15 is 0 Å². The molecule has 1 N–H and O–H groups in total. The third-order valence-corrected chi connectivity index (χ3v) is 3.73. The molecule has 0 atom stereocenters. The second-order valence-electron chi connectivity index (χ2n) is 5.40. The summed E-state index contributed by atoms with van der Waals surface area (Å²) in [6.07, 6.45) is -1.78. The zero-order valence-electron chi connectivity index (χ0n) is 12.2. The lowest BCUT2D eigenvalue weighted by Gasteiger charge is -2.12. The molecule has 128 valence electrons. The maximum absolute atomic E-state index is 12.7. The van der Waals surface area contributed by atoms with Gasteiger partial charge in [0.2, 0.25) is 0 Å². The summed E-state index contributed by atoms with van der Waals surface area (Å²) in [4.78, 5) is 10.1. The van der Waals surface area contributed by atoms with E-state index in [2.05, 4.69) is 5.32 Å². The number of benzene rings is 1. The van der Waals surface area contributed by atoms with Crippen LogP contribution in [0.25, 0.3) is 0 Å². The molecule has 23 heavy (non-hydrogen) atoms. The monoisotopic (exact) mass is 352 g/mol. The average molecular weight is 353 g/mol. The summed E-state index contributed by atoms with van der Waals surface area (Å²) in [5.41, 5.74) is -1.90. The van der Waals surface area contributed by atoms with Crippen LogP contribution in [0.15, 0.2) is 12.1 Å². The van der Waals surface area contributed by atoms with Gasteiger partial charge in [-0.15, -0.1) is 0 Å². The van der Waals surface area contributed by atoms with E-state index in [4.69, 9.17) is 16.3 Å². The molecule has 0 aromatic heterocycles. The van der Waals surface area contributed by atoms with Crippen LogP contribution in [0.1, 0.15) is 24.8 Å². The maximum Gasteiger partial charge on any atom is 0.418 e. The first kappa shape index (κ1) is 17.8. The van der Waals surface area contributed by atoms with Crippen LogP contribution < -0.4 is 5.32 Å². The number of alkyl halides is 3. The number of nitrogens with zero attached hydrogens (tertiary/aromatic N) is 1. The van der Waals surface area contributed by atoms with E-state index in [-0.39, 0.29) is 5.69 Å². The molecule has 0 bridgehead atoms. The Kier molecular flexibility index (Phi) is 5.69. The highest BCUT2D eigenvalue weighted by molar-refractivity contribution is 6.31. The van der Waals surface area contributed by atoms with Crippen molar-refractivity contribution in [3.63, 3.8) is 0 Å². The fourth-order valence-electron chi connectivity index (χ4n) is 2.00. The number of hydrogen-bond acceptors (Lipinski definition) is 4. The topological polar surface area (TPSA) is 64.4 Å². The third-order valence-electron chi connectivity index (χ3n) is 3.42. The molecule has 0 unspecified atom stereocenters. The molecule has 1 aliphatic carbocycles. The van der Waals surface area contributed by atoms with Crippen molar-refractivity contribution < 1.29 is 22.8 Å². The molecule has 0 saturated heterocycles. The predicted molar refractivity (Wildman–Crippen MR) is 79.8 cm³/mol. The van der Waals surface area contributed by atoms with Gasteiger partial charge in [0.05, 0.1) is 15.5 Å². The van der Waals surface area contributed by atoms with Gasteiger partial charge in [-0.2, -0.15) is 13.2 Å². The number of halogens is 4. The normalized spacial score (nSPS) is 14.8. The van der Waals surface area contributed by atoms with Crippen molar-refractivity contribution >= 4 is 23.0 Å². The molecule has 1 aromatic rings. The van der Waals surface area contributed by atoms with Crippen molar-refractivity contribution in [1.29, 1.82) is 0 Å². The fourth-order valence-corrected chi connectivity index (χ4v) is 2.27. The highest BCUT2D eigenvalue weighted by Crippen LogP contribution is 2.40. The molecule has 9 heteroatoms. The minimum Gasteiger partial charge on any atom is -0.381 e. The van der Waals surface area contributed by atoms with Crippen LogP contribution in [0.4, 0.5) is 24.5 Å². The summed E-state index contributed by atoms with van der Waals surface area (Å²) in [5.74, 6) is 0.651. The Labute approximate surface area is 135 Å². The Hall–Kier alpha value is -1.54. The standard InChI is InChI=1S/C14H16ClF3N2O3/c15-11-7-12(19-4-1-5-23-8-9-2-3-9)13(20(21)22)6-10(11)14(16,17)18/h6-7,9,19H,1-5,8H2. The zero-order chi connectivity index (χ0) is 17.0. The van der Waals surface area contributed by atoms with Gasteiger partial charge in [0.1, 0.15) is 5.69 Å². The number of anilines is 1. The summed E-state index contributed by atoms with van der Waals surface area (Å²) in [7, 11) is 0. The summed E-state index contributed by atoms with van der Waals surface area (Å²) in [6, 6.07) is 1.39. The molecule has 5 nitrogen and oxygen atoms in total. The van der Waals surface area contributed by atoms with Gasteiger partial charge in [-0.1, -0.05) is 11.6 Å². The number of rotatable bonds is 8.